The van der Waals surface area contributed by atoms with Crippen LogP contribution in [0.2, 0.25) is 0 Å². The summed E-state index contributed by atoms with van der Waals surface area (Å²) in [6.07, 6.45) is 10.3. The van der Waals surface area contributed by atoms with E-state index in [0.29, 0.717) is 18.9 Å². The van der Waals surface area contributed by atoms with Crippen LogP contribution in [0.1, 0.15) is 92.4 Å². The Kier molecular flexibility index (Phi) is 9.48. The zero-order valence-corrected chi connectivity index (χ0v) is 17.0. The molecule has 1 rings (SSSR count). The van der Waals surface area contributed by atoms with Crippen LogP contribution in [0.25, 0.3) is 0 Å². The minimum atomic E-state index is -1.01. The van der Waals surface area contributed by atoms with Crippen LogP contribution in [0.4, 0.5) is 0 Å². The molecule has 0 aliphatic heterocycles. The van der Waals surface area contributed by atoms with Gasteiger partial charge in [0, 0.05) is 0 Å². The predicted molar refractivity (Wildman–Crippen MR) is 104 cm³/mol. The van der Waals surface area contributed by atoms with Crippen molar-refractivity contribution in [2.24, 2.45) is 5.92 Å². The number of ether oxygens (including phenoxy) is 1. The Labute approximate surface area is 154 Å². The third kappa shape index (κ3) is 7.35. The highest BCUT2D eigenvalue weighted by atomic mass is 16.5. The summed E-state index contributed by atoms with van der Waals surface area (Å²) in [5.74, 6) is 0.317. The Morgan fingerprint density at radius 3 is 2.56 bits per heavy atom. The lowest BCUT2D eigenvalue weighted by Crippen LogP contribution is -2.33. The van der Waals surface area contributed by atoms with Crippen LogP contribution in [0.3, 0.4) is 0 Å². The predicted octanol–water partition coefficient (Wildman–Crippen LogP) is 5.72. The maximum absolute atomic E-state index is 11.8. The monoisotopic (exact) mass is 350 g/mol. The summed E-state index contributed by atoms with van der Waals surface area (Å²) in [4.78, 5) is 11.8. The van der Waals surface area contributed by atoms with E-state index >= 15 is 0 Å². The van der Waals surface area contributed by atoms with E-state index in [-0.39, 0.29) is 12.4 Å². The van der Waals surface area contributed by atoms with Crippen molar-refractivity contribution in [3.05, 3.63) is 22.8 Å². The lowest BCUT2D eigenvalue weighted by molar-refractivity contribution is -0.147. The van der Waals surface area contributed by atoms with Gasteiger partial charge in [-0.05, 0) is 64.7 Å². The minimum absolute atomic E-state index is 0.0796. The third-order valence-electron chi connectivity index (χ3n) is 5.56. The largest absolute Gasteiger partial charge is 0.466 e. The van der Waals surface area contributed by atoms with Crippen molar-refractivity contribution in [2.45, 2.75) is 98.0 Å². The molecule has 144 valence electrons. The van der Waals surface area contributed by atoms with Gasteiger partial charge >= 0.3 is 5.97 Å². The van der Waals surface area contributed by atoms with Crippen molar-refractivity contribution in [2.75, 3.05) is 6.61 Å². The fourth-order valence-electron chi connectivity index (χ4n) is 3.86. The summed E-state index contributed by atoms with van der Waals surface area (Å²) in [7, 11) is 0. The van der Waals surface area contributed by atoms with E-state index in [9.17, 15) is 9.90 Å². The molecule has 0 aromatic rings. The zero-order chi connectivity index (χ0) is 18.9. The van der Waals surface area contributed by atoms with Crippen LogP contribution < -0.4 is 0 Å². The van der Waals surface area contributed by atoms with Crippen LogP contribution in [0.15, 0.2) is 22.8 Å². The number of carbonyl (C=O) groups excluding carboxylic acids is 1. The van der Waals surface area contributed by atoms with Gasteiger partial charge in [-0.3, -0.25) is 4.79 Å². The Hall–Kier alpha value is -1.09. The standard InChI is InChI=1S/C22H38O3/c1-6-17(5)20(8-3)14-18(7-2)13-19-11-10-12-22(24,15-19)16-21(23)25-9-4/h15,18,24H,6-14,16H2,1-5H3. The van der Waals surface area contributed by atoms with E-state index in [2.05, 4.69) is 27.7 Å². The van der Waals surface area contributed by atoms with E-state index in [0.717, 1.165) is 44.9 Å². The second kappa shape index (κ2) is 10.8. The molecular formula is C22H38O3. The van der Waals surface area contributed by atoms with Crippen molar-refractivity contribution in [3.8, 4) is 0 Å². The summed E-state index contributed by atoms with van der Waals surface area (Å²) in [5, 5.41) is 10.8. The number of hydrogen-bond acceptors (Lipinski definition) is 3. The molecule has 0 bridgehead atoms. The van der Waals surface area contributed by atoms with Crippen molar-refractivity contribution >= 4 is 5.97 Å². The smallest absolute Gasteiger partial charge is 0.309 e. The van der Waals surface area contributed by atoms with Gasteiger partial charge in [0.05, 0.1) is 18.6 Å². The third-order valence-corrected chi connectivity index (χ3v) is 5.56. The van der Waals surface area contributed by atoms with Crippen LogP contribution >= 0.6 is 0 Å². The number of esters is 1. The summed E-state index contributed by atoms with van der Waals surface area (Å²) in [6, 6.07) is 0. The fraction of sp³-hybridized carbons (Fsp3) is 0.773. The van der Waals surface area contributed by atoms with Gasteiger partial charge < -0.3 is 9.84 Å². The van der Waals surface area contributed by atoms with Gasteiger partial charge in [0.1, 0.15) is 0 Å². The average Bonchev–Trinajstić information content (AvgIpc) is 2.57. The molecule has 0 aromatic carbocycles. The Morgan fingerprint density at radius 1 is 1.28 bits per heavy atom. The van der Waals surface area contributed by atoms with Crippen LogP contribution in [-0.4, -0.2) is 23.3 Å². The maximum Gasteiger partial charge on any atom is 0.309 e. The Morgan fingerprint density at radius 2 is 2.00 bits per heavy atom. The minimum Gasteiger partial charge on any atom is -0.466 e. The molecule has 1 aliphatic carbocycles. The van der Waals surface area contributed by atoms with E-state index in [1.165, 1.54) is 11.1 Å². The first-order valence-electron chi connectivity index (χ1n) is 10.1. The molecule has 0 aromatic heterocycles. The fourth-order valence-corrected chi connectivity index (χ4v) is 3.86. The van der Waals surface area contributed by atoms with E-state index in [4.69, 9.17) is 4.74 Å². The molecule has 1 aliphatic rings. The van der Waals surface area contributed by atoms with Gasteiger partial charge in [-0.25, -0.2) is 0 Å². The molecule has 2 atom stereocenters. The lowest BCUT2D eigenvalue weighted by Gasteiger charge is -2.31. The van der Waals surface area contributed by atoms with Crippen molar-refractivity contribution in [3.63, 3.8) is 0 Å². The van der Waals surface area contributed by atoms with Gasteiger partial charge in [0.25, 0.3) is 0 Å². The Bertz CT molecular complexity index is 490. The molecule has 0 saturated heterocycles. The van der Waals surface area contributed by atoms with E-state index in [1.54, 1.807) is 12.5 Å². The quantitative estimate of drug-likeness (QED) is 0.404. The normalized spacial score (nSPS) is 22.9. The SMILES string of the molecule is CCOC(=O)CC1(O)C=C(CC(CC)CC(CC)=C(C)CC)CCC1. The van der Waals surface area contributed by atoms with Gasteiger partial charge in [-0.15, -0.1) is 0 Å². The van der Waals surface area contributed by atoms with Crippen molar-refractivity contribution in [1.82, 2.24) is 0 Å². The Balaban J connectivity index is 2.79. The van der Waals surface area contributed by atoms with E-state index < -0.39 is 5.60 Å². The first kappa shape index (κ1) is 22.0. The van der Waals surface area contributed by atoms with Crippen LogP contribution in [0.5, 0.6) is 0 Å². The molecule has 3 nitrogen and oxygen atoms in total. The van der Waals surface area contributed by atoms with Crippen LogP contribution in [-0.2, 0) is 9.53 Å². The second-order valence-electron chi connectivity index (χ2n) is 7.52. The topological polar surface area (TPSA) is 46.5 Å². The van der Waals surface area contributed by atoms with Crippen molar-refractivity contribution < 1.29 is 14.6 Å². The molecule has 0 heterocycles. The molecular weight excluding hydrogens is 312 g/mol. The molecule has 0 amide bonds. The molecule has 25 heavy (non-hydrogen) atoms. The van der Waals surface area contributed by atoms with Gasteiger partial charge in [0.2, 0.25) is 0 Å². The number of aliphatic hydroxyl groups is 1. The average molecular weight is 351 g/mol. The number of rotatable bonds is 10. The highest BCUT2D eigenvalue weighted by molar-refractivity contribution is 5.71. The van der Waals surface area contributed by atoms with Gasteiger partial charge in [-0.2, -0.15) is 0 Å². The van der Waals surface area contributed by atoms with Crippen LogP contribution in [0, 0.1) is 5.92 Å². The summed E-state index contributed by atoms with van der Waals surface area (Å²) < 4.78 is 5.02. The summed E-state index contributed by atoms with van der Waals surface area (Å²) in [5.41, 5.74) is 3.42. The zero-order valence-electron chi connectivity index (χ0n) is 17.0. The molecule has 1 N–H and O–H groups in total. The molecule has 0 saturated carbocycles. The second-order valence-corrected chi connectivity index (χ2v) is 7.52. The maximum atomic E-state index is 11.8. The molecule has 0 spiro atoms. The number of allylic oxidation sites excluding steroid dienone is 3. The van der Waals surface area contributed by atoms with Gasteiger partial charge in [-0.1, -0.05) is 50.0 Å². The van der Waals surface area contributed by atoms with Gasteiger partial charge in [0.15, 0.2) is 0 Å². The lowest BCUT2D eigenvalue weighted by atomic mass is 9.79. The number of carbonyl (C=O) groups is 1. The molecule has 0 fully saturated rings. The van der Waals surface area contributed by atoms with E-state index in [1.807, 2.05) is 6.08 Å². The first-order chi connectivity index (χ1) is 11.9. The molecule has 2 unspecified atom stereocenters. The summed E-state index contributed by atoms with van der Waals surface area (Å²) in [6.45, 7) is 11.2. The molecule has 0 radical (unpaired) electrons. The first-order valence-corrected chi connectivity index (χ1v) is 10.1. The molecule has 3 heteroatoms. The van der Waals surface area contributed by atoms with Crippen molar-refractivity contribution in [1.29, 1.82) is 0 Å². The summed E-state index contributed by atoms with van der Waals surface area (Å²) >= 11 is 0. The highest BCUT2D eigenvalue weighted by Gasteiger charge is 2.31. The highest BCUT2D eigenvalue weighted by Crippen LogP contribution is 2.35. The number of hydrogen-bond donors (Lipinski definition) is 1.